The van der Waals surface area contributed by atoms with Gasteiger partial charge in [-0.05, 0) is 44.0 Å². The van der Waals surface area contributed by atoms with E-state index in [4.69, 9.17) is 11.6 Å². The van der Waals surface area contributed by atoms with Crippen LogP contribution in [0.4, 0.5) is 5.69 Å². The number of halogens is 1. The average Bonchev–Trinajstić information content (AvgIpc) is 2.41. The molecule has 0 radical (unpaired) electrons. The zero-order chi connectivity index (χ0) is 13.4. The van der Waals surface area contributed by atoms with Crippen molar-refractivity contribution in [1.29, 1.82) is 0 Å². The summed E-state index contributed by atoms with van der Waals surface area (Å²) in [6.07, 6.45) is 5.84. The van der Waals surface area contributed by atoms with E-state index >= 15 is 0 Å². The Kier molecular flexibility index (Phi) is 3.15. The van der Waals surface area contributed by atoms with Crippen LogP contribution in [0.1, 0.15) is 19.8 Å². The average molecular weight is 275 g/mol. The first-order valence-corrected chi connectivity index (χ1v) is 6.83. The van der Waals surface area contributed by atoms with Crippen LogP contribution in [0.2, 0.25) is 5.02 Å². The standard InChI is InChI=1S/C15H15ClN2O/c1-10-17-14-5-3-2-4-13(14)15(19)18(10)12-8-6-11(16)7-9-12/h2-3,6-9,13-14H,4-5H2,1H3/t13-,14+/m0/s1. The fourth-order valence-electron chi connectivity index (χ4n) is 2.74. The van der Waals surface area contributed by atoms with Gasteiger partial charge in [-0.1, -0.05) is 23.8 Å². The topological polar surface area (TPSA) is 32.7 Å². The van der Waals surface area contributed by atoms with Crippen molar-refractivity contribution in [3.05, 3.63) is 41.4 Å². The van der Waals surface area contributed by atoms with Gasteiger partial charge in [-0.2, -0.15) is 0 Å². The van der Waals surface area contributed by atoms with Gasteiger partial charge in [0.05, 0.1) is 17.6 Å². The highest BCUT2D eigenvalue weighted by Gasteiger charge is 2.37. The third-order valence-electron chi connectivity index (χ3n) is 3.70. The molecular weight excluding hydrogens is 260 g/mol. The van der Waals surface area contributed by atoms with Gasteiger partial charge in [0.25, 0.3) is 0 Å². The van der Waals surface area contributed by atoms with Crippen LogP contribution in [-0.2, 0) is 4.79 Å². The number of amides is 1. The lowest BCUT2D eigenvalue weighted by molar-refractivity contribution is -0.122. The van der Waals surface area contributed by atoms with E-state index in [0.717, 1.165) is 24.4 Å². The molecule has 0 fully saturated rings. The highest BCUT2D eigenvalue weighted by Crippen LogP contribution is 2.31. The molecule has 0 saturated heterocycles. The summed E-state index contributed by atoms with van der Waals surface area (Å²) in [6, 6.07) is 7.42. The second-order valence-electron chi connectivity index (χ2n) is 4.94. The lowest BCUT2D eigenvalue weighted by Crippen LogP contribution is -2.48. The van der Waals surface area contributed by atoms with Gasteiger partial charge in [0.1, 0.15) is 5.84 Å². The van der Waals surface area contributed by atoms with Crippen LogP contribution < -0.4 is 4.90 Å². The lowest BCUT2D eigenvalue weighted by atomic mass is 9.86. The smallest absolute Gasteiger partial charge is 0.238 e. The molecule has 0 unspecified atom stereocenters. The van der Waals surface area contributed by atoms with Gasteiger partial charge in [0, 0.05) is 5.02 Å². The number of nitrogens with zero attached hydrogens (tertiary/aromatic N) is 2. The molecule has 3 nitrogen and oxygen atoms in total. The van der Waals surface area contributed by atoms with Crippen molar-refractivity contribution in [1.82, 2.24) is 0 Å². The number of aliphatic imine (C=N–C) groups is 1. The number of anilines is 1. The summed E-state index contributed by atoms with van der Waals surface area (Å²) in [5, 5.41) is 0.668. The van der Waals surface area contributed by atoms with E-state index in [1.165, 1.54) is 0 Å². The van der Waals surface area contributed by atoms with Crippen molar-refractivity contribution < 1.29 is 4.79 Å². The van der Waals surface area contributed by atoms with Crippen LogP contribution in [0.15, 0.2) is 41.4 Å². The van der Waals surface area contributed by atoms with E-state index in [0.29, 0.717) is 5.02 Å². The van der Waals surface area contributed by atoms with Crippen LogP contribution in [-0.4, -0.2) is 17.8 Å². The number of fused-ring (bicyclic) bond motifs is 1. The predicted molar refractivity (Wildman–Crippen MR) is 77.7 cm³/mol. The molecule has 1 aromatic carbocycles. The molecule has 1 aromatic rings. The largest absolute Gasteiger partial charge is 0.274 e. The first-order valence-electron chi connectivity index (χ1n) is 6.46. The summed E-state index contributed by atoms with van der Waals surface area (Å²) in [6.45, 7) is 1.89. The van der Waals surface area contributed by atoms with Crippen LogP contribution in [0.5, 0.6) is 0 Å². The van der Waals surface area contributed by atoms with Crippen molar-refractivity contribution in [3.63, 3.8) is 0 Å². The third kappa shape index (κ3) is 2.19. The first kappa shape index (κ1) is 12.4. The fraction of sp³-hybridized carbons (Fsp3) is 0.333. The van der Waals surface area contributed by atoms with Crippen LogP contribution >= 0.6 is 11.6 Å². The van der Waals surface area contributed by atoms with Crippen LogP contribution in [0, 0.1) is 5.92 Å². The van der Waals surface area contributed by atoms with Crippen molar-refractivity contribution in [2.24, 2.45) is 10.9 Å². The number of hydrogen-bond acceptors (Lipinski definition) is 2. The SMILES string of the molecule is CC1=N[C@@H]2CC=CC[C@@H]2C(=O)N1c1ccc(Cl)cc1. The van der Waals surface area contributed by atoms with Crippen molar-refractivity contribution in [3.8, 4) is 0 Å². The summed E-state index contributed by atoms with van der Waals surface area (Å²) in [4.78, 5) is 19.0. The second kappa shape index (κ2) is 4.82. The summed E-state index contributed by atoms with van der Waals surface area (Å²) in [5.41, 5.74) is 0.837. The molecule has 0 aromatic heterocycles. The first-order chi connectivity index (χ1) is 9.16. The van der Waals surface area contributed by atoms with Gasteiger partial charge in [0.2, 0.25) is 5.91 Å². The molecule has 2 atom stereocenters. The fourth-order valence-corrected chi connectivity index (χ4v) is 2.86. The van der Waals surface area contributed by atoms with Crippen molar-refractivity contribution in [2.45, 2.75) is 25.8 Å². The second-order valence-corrected chi connectivity index (χ2v) is 5.38. The molecule has 0 spiro atoms. The van der Waals surface area contributed by atoms with E-state index in [-0.39, 0.29) is 17.9 Å². The number of rotatable bonds is 1. The Bertz CT molecular complexity index is 562. The maximum absolute atomic E-state index is 12.6. The molecule has 1 heterocycles. The number of amidine groups is 1. The van der Waals surface area contributed by atoms with Gasteiger partial charge in [-0.3, -0.25) is 14.7 Å². The Balaban J connectivity index is 1.98. The molecule has 1 aliphatic carbocycles. The maximum Gasteiger partial charge on any atom is 0.238 e. The Morgan fingerprint density at radius 3 is 2.63 bits per heavy atom. The normalized spacial score (nSPS) is 26.1. The summed E-state index contributed by atoms with van der Waals surface area (Å²) >= 11 is 5.89. The van der Waals surface area contributed by atoms with E-state index in [2.05, 4.69) is 17.1 Å². The quantitative estimate of drug-likeness (QED) is 0.722. The van der Waals surface area contributed by atoms with Crippen molar-refractivity contribution >= 4 is 29.0 Å². The third-order valence-corrected chi connectivity index (χ3v) is 3.95. The highest BCUT2D eigenvalue weighted by molar-refractivity contribution is 6.30. The molecule has 0 saturated carbocycles. The zero-order valence-corrected chi connectivity index (χ0v) is 11.5. The Hall–Kier alpha value is -1.61. The minimum atomic E-state index is -0.0237. The minimum Gasteiger partial charge on any atom is -0.274 e. The molecule has 1 aliphatic heterocycles. The summed E-state index contributed by atoms with van der Waals surface area (Å²) in [5.74, 6) is 0.887. The molecule has 2 aliphatic rings. The van der Waals surface area contributed by atoms with Gasteiger partial charge in [-0.15, -0.1) is 0 Å². The number of allylic oxidation sites excluding steroid dienone is 1. The van der Waals surface area contributed by atoms with Crippen molar-refractivity contribution in [2.75, 3.05) is 4.90 Å². The molecule has 3 rings (SSSR count). The van der Waals surface area contributed by atoms with Crippen LogP contribution in [0.3, 0.4) is 0 Å². The number of hydrogen-bond donors (Lipinski definition) is 0. The molecule has 98 valence electrons. The predicted octanol–water partition coefficient (Wildman–Crippen LogP) is 3.44. The summed E-state index contributed by atoms with van der Waals surface area (Å²) < 4.78 is 0. The monoisotopic (exact) mass is 274 g/mol. The Morgan fingerprint density at radius 2 is 1.89 bits per heavy atom. The lowest BCUT2D eigenvalue weighted by Gasteiger charge is -2.36. The Morgan fingerprint density at radius 1 is 1.21 bits per heavy atom. The Labute approximate surface area is 117 Å². The minimum absolute atomic E-state index is 0.0237. The summed E-state index contributed by atoms with van der Waals surface area (Å²) in [7, 11) is 0. The van der Waals surface area contributed by atoms with E-state index in [1.54, 1.807) is 17.0 Å². The molecule has 4 heteroatoms. The molecule has 0 N–H and O–H groups in total. The van der Waals surface area contributed by atoms with Gasteiger partial charge in [-0.25, -0.2) is 0 Å². The number of benzene rings is 1. The van der Waals surface area contributed by atoms with Gasteiger partial charge >= 0.3 is 0 Å². The van der Waals surface area contributed by atoms with Gasteiger partial charge in [0.15, 0.2) is 0 Å². The molecule has 19 heavy (non-hydrogen) atoms. The molecule has 0 bridgehead atoms. The zero-order valence-electron chi connectivity index (χ0n) is 10.7. The number of carbonyl (C=O) groups is 1. The highest BCUT2D eigenvalue weighted by atomic mass is 35.5. The molecule has 1 amide bonds. The van der Waals surface area contributed by atoms with E-state index in [9.17, 15) is 4.79 Å². The van der Waals surface area contributed by atoms with Gasteiger partial charge < -0.3 is 0 Å². The maximum atomic E-state index is 12.6. The van der Waals surface area contributed by atoms with Crippen LogP contribution in [0.25, 0.3) is 0 Å². The van der Waals surface area contributed by atoms with E-state index < -0.39 is 0 Å². The van der Waals surface area contributed by atoms with E-state index in [1.807, 2.05) is 19.1 Å². The molecular formula is C15H15ClN2O. The number of carbonyl (C=O) groups excluding carboxylic acids is 1.